The van der Waals surface area contributed by atoms with Crippen molar-refractivity contribution < 1.29 is 9.90 Å². The summed E-state index contributed by atoms with van der Waals surface area (Å²) < 4.78 is 0. The highest BCUT2D eigenvalue weighted by Crippen LogP contribution is 2.18. The van der Waals surface area contributed by atoms with E-state index in [4.69, 9.17) is 0 Å². The summed E-state index contributed by atoms with van der Waals surface area (Å²) in [5, 5.41) is 9.80. The first kappa shape index (κ1) is 13.4. The van der Waals surface area contributed by atoms with Crippen LogP contribution in [-0.4, -0.2) is 35.1 Å². The van der Waals surface area contributed by atoms with E-state index in [2.05, 4.69) is 12.6 Å². The smallest absolute Gasteiger partial charge is 0.227 e. The van der Waals surface area contributed by atoms with Crippen LogP contribution in [-0.2, 0) is 11.2 Å². The quantitative estimate of drug-likeness (QED) is 0.800. The molecule has 0 bridgehead atoms. The van der Waals surface area contributed by atoms with Gasteiger partial charge in [0, 0.05) is 18.0 Å². The first-order chi connectivity index (χ1) is 8.56. The molecule has 1 aliphatic heterocycles. The monoisotopic (exact) mass is 265 g/mol. The number of carbonyl (C=O) groups excluding carboxylic acids is 1. The van der Waals surface area contributed by atoms with Crippen LogP contribution < -0.4 is 0 Å². The summed E-state index contributed by atoms with van der Waals surface area (Å²) in [4.78, 5) is 14.8. The first-order valence-electron chi connectivity index (χ1n) is 6.30. The molecule has 3 nitrogen and oxygen atoms in total. The molecule has 0 aliphatic carbocycles. The van der Waals surface area contributed by atoms with Gasteiger partial charge in [0.2, 0.25) is 5.91 Å². The molecule has 98 valence electrons. The number of rotatable bonds is 2. The van der Waals surface area contributed by atoms with Gasteiger partial charge < -0.3 is 10.0 Å². The number of thiol groups is 1. The van der Waals surface area contributed by atoms with E-state index >= 15 is 0 Å². The van der Waals surface area contributed by atoms with Gasteiger partial charge in [-0.3, -0.25) is 4.79 Å². The zero-order valence-electron chi connectivity index (χ0n) is 10.5. The van der Waals surface area contributed by atoms with E-state index in [1.165, 1.54) is 0 Å². The van der Waals surface area contributed by atoms with Crippen LogP contribution in [0.4, 0.5) is 0 Å². The number of benzene rings is 1. The number of carbonyl (C=O) groups is 1. The summed E-state index contributed by atoms with van der Waals surface area (Å²) >= 11 is 4.22. The SMILES string of the molecule is CC1CCN(C(=O)Cc2ccc(S)cc2)CC1O. The van der Waals surface area contributed by atoms with Crippen molar-refractivity contribution in [1.29, 1.82) is 0 Å². The molecule has 2 unspecified atom stereocenters. The van der Waals surface area contributed by atoms with Crippen molar-refractivity contribution in [2.24, 2.45) is 5.92 Å². The van der Waals surface area contributed by atoms with Crippen molar-refractivity contribution in [3.8, 4) is 0 Å². The van der Waals surface area contributed by atoms with Crippen molar-refractivity contribution in [3.05, 3.63) is 29.8 Å². The zero-order chi connectivity index (χ0) is 13.1. The predicted octanol–water partition coefficient (Wildman–Crippen LogP) is 1.75. The Morgan fingerprint density at radius 1 is 1.44 bits per heavy atom. The number of β-amino-alcohol motifs (C(OH)–C–C–N with tert-alkyl or cyclic N) is 1. The maximum Gasteiger partial charge on any atom is 0.227 e. The number of nitrogens with zero attached hydrogens (tertiary/aromatic N) is 1. The molecule has 2 atom stereocenters. The number of aliphatic hydroxyl groups excluding tert-OH is 1. The second kappa shape index (κ2) is 5.76. The fraction of sp³-hybridized carbons (Fsp3) is 0.500. The van der Waals surface area contributed by atoms with E-state index < -0.39 is 0 Å². The summed E-state index contributed by atoms with van der Waals surface area (Å²) in [5.41, 5.74) is 0.992. The lowest BCUT2D eigenvalue weighted by molar-refractivity contribution is -0.134. The van der Waals surface area contributed by atoms with Gasteiger partial charge in [0.05, 0.1) is 12.5 Å². The molecule has 1 heterocycles. The average Bonchev–Trinajstić information content (AvgIpc) is 2.35. The van der Waals surface area contributed by atoms with Crippen LogP contribution in [0.2, 0.25) is 0 Å². The Bertz CT molecular complexity index is 418. The first-order valence-corrected chi connectivity index (χ1v) is 6.74. The summed E-state index contributed by atoms with van der Waals surface area (Å²) in [6.45, 7) is 3.24. The van der Waals surface area contributed by atoms with Gasteiger partial charge in [-0.1, -0.05) is 19.1 Å². The van der Waals surface area contributed by atoms with Gasteiger partial charge in [-0.2, -0.15) is 0 Å². The molecule has 0 spiro atoms. The second-order valence-corrected chi connectivity index (χ2v) is 5.53. The molecule has 1 amide bonds. The minimum atomic E-state index is -0.387. The Morgan fingerprint density at radius 2 is 2.11 bits per heavy atom. The van der Waals surface area contributed by atoms with Gasteiger partial charge >= 0.3 is 0 Å². The second-order valence-electron chi connectivity index (χ2n) is 5.02. The third-order valence-electron chi connectivity index (χ3n) is 3.56. The maximum absolute atomic E-state index is 12.1. The highest BCUT2D eigenvalue weighted by atomic mass is 32.1. The number of hydrogen-bond acceptors (Lipinski definition) is 3. The molecule has 1 aliphatic rings. The van der Waals surface area contributed by atoms with Gasteiger partial charge in [0.25, 0.3) is 0 Å². The molecule has 1 saturated heterocycles. The van der Waals surface area contributed by atoms with Gasteiger partial charge in [-0.15, -0.1) is 12.6 Å². The van der Waals surface area contributed by atoms with E-state index in [1.807, 2.05) is 31.2 Å². The van der Waals surface area contributed by atoms with E-state index in [-0.39, 0.29) is 17.9 Å². The van der Waals surface area contributed by atoms with Crippen molar-refractivity contribution in [1.82, 2.24) is 4.90 Å². The van der Waals surface area contributed by atoms with Gasteiger partial charge in [0.15, 0.2) is 0 Å². The van der Waals surface area contributed by atoms with Crippen molar-refractivity contribution >= 4 is 18.5 Å². The van der Waals surface area contributed by atoms with Crippen LogP contribution in [0, 0.1) is 5.92 Å². The van der Waals surface area contributed by atoms with Crippen molar-refractivity contribution in [2.45, 2.75) is 30.8 Å². The van der Waals surface area contributed by atoms with Gasteiger partial charge in [0.1, 0.15) is 0 Å². The Hall–Kier alpha value is -1.00. The minimum Gasteiger partial charge on any atom is -0.391 e. The van der Waals surface area contributed by atoms with Crippen LogP contribution in [0.1, 0.15) is 18.9 Å². The number of hydrogen-bond donors (Lipinski definition) is 2. The third-order valence-corrected chi connectivity index (χ3v) is 3.86. The highest BCUT2D eigenvalue weighted by molar-refractivity contribution is 7.80. The van der Waals surface area contributed by atoms with E-state index in [1.54, 1.807) is 4.90 Å². The molecule has 0 radical (unpaired) electrons. The molecule has 4 heteroatoms. The Balaban J connectivity index is 1.94. The lowest BCUT2D eigenvalue weighted by atomic mass is 9.95. The molecular formula is C14H19NO2S. The zero-order valence-corrected chi connectivity index (χ0v) is 11.4. The number of piperidine rings is 1. The minimum absolute atomic E-state index is 0.0906. The van der Waals surface area contributed by atoms with Crippen LogP contribution in [0.5, 0.6) is 0 Å². The summed E-state index contributed by atoms with van der Waals surface area (Å²) in [6.07, 6.45) is 0.889. The molecule has 2 rings (SSSR count). The number of aliphatic hydroxyl groups is 1. The van der Waals surface area contributed by atoms with E-state index in [9.17, 15) is 9.90 Å². The molecule has 0 saturated carbocycles. The molecule has 1 aromatic rings. The normalized spacial score (nSPS) is 24.1. The lowest BCUT2D eigenvalue weighted by Gasteiger charge is -2.34. The topological polar surface area (TPSA) is 40.5 Å². The van der Waals surface area contributed by atoms with Crippen LogP contribution in [0.3, 0.4) is 0 Å². The fourth-order valence-corrected chi connectivity index (χ4v) is 2.32. The standard InChI is InChI=1S/C14H19NO2S/c1-10-6-7-15(9-13(10)16)14(17)8-11-2-4-12(18)5-3-11/h2-5,10,13,16,18H,6-9H2,1H3. The molecule has 1 aromatic carbocycles. The van der Waals surface area contributed by atoms with Crippen LogP contribution in [0.15, 0.2) is 29.2 Å². The van der Waals surface area contributed by atoms with E-state index in [0.29, 0.717) is 13.0 Å². The van der Waals surface area contributed by atoms with Gasteiger partial charge in [-0.05, 0) is 30.0 Å². The molecule has 0 aromatic heterocycles. The largest absolute Gasteiger partial charge is 0.391 e. The van der Waals surface area contributed by atoms with Crippen molar-refractivity contribution in [2.75, 3.05) is 13.1 Å². The Labute approximate surface area is 113 Å². The van der Waals surface area contributed by atoms with E-state index in [0.717, 1.165) is 23.4 Å². The predicted molar refractivity (Wildman–Crippen MR) is 73.8 cm³/mol. The summed E-state index contributed by atoms with van der Waals surface area (Å²) in [5.74, 6) is 0.380. The average molecular weight is 265 g/mol. The summed E-state index contributed by atoms with van der Waals surface area (Å²) in [7, 11) is 0. The molecule has 1 N–H and O–H groups in total. The van der Waals surface area contributed by atoms with Crippen LogP contribution in [0.25, 0.3) is 0 Å². The number of likely N-dealkylation sites (tertiary alicyclic amines) is 1. The highest BCUT2D eigenvalue weighted by Gasteiger charge is 2.26. The van der Waals surface area contributed by atoms with Crippen molar-refractivity contribution in [3.63, 3.8) is 0 Å². The molecule has 1 fully saturated rings. The lowest BCUT2D eigenvalue weighted by Crippen LogP contribution is -2.46. The Kier molecular flexibility index (Phi) is 4.30. The number of amides is 1. The van der Waals surface area contributed by atoms with Crippen LogP contribution >= 0.6 is 12.6 Å². The van der Waals surface area contributed by atoms with Gasteiger partial charge in [-0.25, -0.2) is 0 Å². The molecule has 18 heavy (non-hydrogen) atoms. The molecular weight excluding hydrogens is 246 g/mol. The summed E-state index contributed by atoms with van der Waals surface area (Å²) in [6, 6.07) is 7.62. The maximum atomic E-state index is 12.1. The third kappa shape index (κ3) is 3.27. The Morgan fingerprint density at radius 3 is 2.72 bits per heavy atom. The fourth-order valence-electron chi connectivity index (χ4n) is 2.18.